The molecule has 0 aliphatic heterocycles. The minimum absolute atomic E-state index is 0.183. The van der Waals surface area contributed by atoms with Gasteiger partial charge in [0.05, 0.1) is 0 Å². The molecule has 0 heterocycles. The highest BCUT2D eigenvalue weighted by Gasteiger charge is 2.13. The van der Waals surface area contributed by atoms with Crippen molar-refractivity contribution in [2.24, 2.45) is 5.84 Å². The van der Waals surface area contributed by atoms with E-state index < -0.39 is 0 Å². The van der Waals surface area contributed by atoms with E-state index in [1.165, 1.54) is 14.7 Å². The van der Waals surface area contributed by atoms with Crippen molar-refractivity contribution in [1.82, 2.24) is 5.43 Å². The van der Waals surface area contributed by atoms with Crippen molar-refractivity contribution in [2.45, 2.75) is 25.3 Å². The van der Waals surface area contributed by atoms with Gasteiger partial charge in [-0.15, -0.1) is 0 Å². The Kier molecular flexibility index (Phi) is 6.48. The number of benzene rings is 2. The van der Waals surface area contributed by atoms with E-state index in [4.69, 9.17) is 5.84 Å². The number of hydrazine groups is 1. The number of rotatable bonds is 6. The van der Waals surface area contributed by atoms with Crippen LogP contribution in [0.4, 0.5) is 0 Å². The summed E-state index contributed by atoms with van der Waals surface area (Å²) in [7, 11) is 0. The van der Waals surface area contributed by atoms with Crippen LogP contribution >= 0.6 is 38.5 Å². The first-order chi connectivity index (χ1) is 9.70. The maximum absolute atomic E-state index is 5.73. The third kappa shape index (κ3) is 4.55. The first kappa shape index (κ1) is 15.9. The van der Waals surface area contributed by atoms with Gasteiger partial charge in [-0.1, -0.05) is 46.3 Å². The zero-order chi connectivity index (χ0) is 14.4. The highest BCUT2D eigenvalue weighted by molar-refractivity contribution is 14.1. The summed E-state index contributed by atoms with van der Waals surface area (Å²) in [5, 5.41) is 0. The summed E-state index contributed by atoms with van der Waals surface area (Å²) in [4.78, 5) is 0. The number of hydrogen-bond acceptors (Lipinski definition) is 2. The molecular weight excluding hydrogens is 427 g/mol. The van der Waals surface area contributed by atoms with Crippen molar-refractivity contribution in [3.05, 3.63) is 67.7 Å². The molecule has 2 aromatic carbocycles. The average molecular weight is 445 g/mol. The van der Waals surface area contributed by atoms with Crippen LogP contribution in [0.15, 0.2) is 53.0 Å². The number of hydrogen-bond donors (Lipinski definition) is 2. The largest absolute Gasteiger partial charge is 0.271 e. The zero-order valence-electron chi connectivity index (χ0n) is 11.2. The van der Waals surface area contributed by atoms with Crippen LogP contribution in [0.2, 0.25) is 0 Å². The number of aryl methyl sites for hydroxylation is 1. The van der Waals surface area contributed by atoms with Crippen molar-refractivity contribution < 1.29 is 0 Å². The van der Waals surface area contributed by atoms with Crippen LogP contribution < -0.4 is 11.3 Å². The molecule has 0 amide bonds. The Morgan fingerprint density at radius 3 is 2.60 bits per heavy atom. The van der Waals surface area contributed by atoms with Crippen LogP contribution in [0.1, 0.15) is 30.0 Å². The van der Waals surface area contributed by atoms with E-state index in [1.807, 2.05) is 0 Å². The molecule has 2 rings (SSSR count). The normalized spacial score (nSPS) is 12.3. The molecule has 0 bridgehead atoms. The maximum Gasteiger partial charge on any atom is 0.0471 e. The lowest BCUT2D eigenvalue weighted by Gasteiger charge is -2.18. The second kappa shape index (κ2) is 8.12. The topological polar surface area (TPSA) is 38.0 Å². The van der Waals surface area contributed by atoms with Crippen molar-refractivity contribution in [2.75, 3.05) is 0 Å². The zero-order valence-corrected chi connectivity index (χ0v) is 14.9. The van der Waals surface area contributed by atoms with E-state index in [0.29, 0.717) is 0 Å². The molecule has 0 radical (unpaired) electrons. The molecule has 2 aromatic rings. The minimum Gasteiger partial charge on any atom is -0.271 e. The predicted octanol–water partition coefficient (Wildman–Crippen LogP) is 4.58. The van der Waals surface area contributed by atoms with Gasteiger partial charge in [0.15, 0.2) is 0 Å². The Labute approximate surface area is 142 Å². The molecule has 0 fully saturated rings. The monoisotopic (exact) mass is 444 g/mol. The maximum atomic E-state index is 5.73. The summed E-state index contributed by atoms with van der Waals surface area (Å²) in [6, 6.07) is 17.1. The standard InChI is InChI=1S/C16H18BrIN2/c17-15-10-9-13(18)11-14(15)16(20-19)8-4-7-12-5-2-1-3-6-12/h1-3,5-6,9-11,16,20H,4,7-8,19H2. The quantitative estimate of drug-likeness (QED) is 0.388. The van der Waals surface area contributed by atoms with Gasteiger partial charge in [0, 0.05) is 14.1 Å². The second-order valence-corrected chi connectivity index (χ2v) is 6.86. The summed E-state index contributed by atoms with van der Waals surface area (Å²) in [5.41, 5.74) is 5.55. The van der Waals surface area contributed by atoms with E-state index in [1.54, 1.807) is 0 Å². The fourth-order valence-electron chi connectivity index (χ4n) is 2.27. The average Bonchev–Trinajstić information content (AvgIpc) is 2.48. The Morgan fingerprint density at radius 1 is 1.15 bits per heavy atom. The number of nitrogens with two attached hydrogens (primary N) is 1. The van der Waals surface area contributed by atoms with E-state index in [9.17, 15) is 0 Å². The fourth-order valence-corrected chi connectivity index (χ4v) is 3.30. The molecule has 1 unspecified atom stereocenters. The third-order valence-electron chi connectivity index (χ3n) is 3.34. The molecule has 0 saturated heterocycles. The molecule has 0 spiro atoms. The molecular formula is C16H18BrIN2. The highest BCUT2D eigenvalue weighted by Crippen LogP contribution is 2.28. The van der Waals surface area contributed by atoms with Gasteiger partial charge in [-0.3, -0.25) is 11.3 Å². The Bertz CT molecular complexity index is 545. The Hall–Kier alpha value is -0.430. The van der Waals surface area contributed by atoms with E-state index >= 15 is 0 Å². The molecule has 20 heavy (non-hydrogen) atoms. The van der Waals surface area contributed by atoms with E-state index in [0.717, 1.165) is 23.7 Å². The lowest BCUT2D eigenvalue weighted by Crippen LogP contribution is -2.28. The summed E-state index contributed by atoms with van der Waals surface area (Å²) >= 11 is 5.94. The van der Waals surface area contributed by atoms with Crippen LogP contribution in [0.5, 0.6) is 0 Å². The van der Waals surface area contributed by atoms with Gasteiger partial charge >= 0.3 is 0 Å². The first-order valence-electron chi connectivity index (χ1n) is 6.65. The lowest BCUT2D eigenvalue weighted by atomic mass is 9.99. The molecule has 1 atom stereocenters. The number of nitrogens with one attached hydrogen (secondary N) is 1. The predicted molar refractivity (Wildman–Crippen MR) is 96.3 cm³/mol. The van der Waals surface area contributed by atoms with Crippen molar-refractivity contribution in [3.8, 4) is 0 Å². The number of halogens is 2. The minimum atomic E-state index is 0.183. The van der Waals surface area contributed by atoms with Crippen LogP contribution in [0.3, 0.4) is 0 Å². The lowest BCUT2D eigenvalue weighted by molar-refractivity contribution is 0.497. The molecule has 3 N–H and O–H groups in total. The Balaban J connectivity index is 1.97. The fraction of sp³-hybridized carbons (Fsp3) is 0.250. The SMILES string of the molecule is NNC(CCCc1ccccc1)c1cc(I)ccc1Br. The third-order valence-corrected chi connectivity index (χ3v) is 4.73. The van der Waals surface area contributed by atoms with Crippen molar-refractivity contribution >= 4 is 38.5 Å². The van der Waals surface area contributed by atoms with Gasteiger partial charge in [0.25, 0.3) is 0 Å². The van der Waals surface area contributed by atoms with Crippen molar-refractivity contribution in [1.29, 1.82) is 0 Å². The molecule has 106 valence electrons. The van der Waals surface area contributed by atoms with E-state index in [-0.39, 0.29) is 6.04 Å². The van der Waals surface area contributed by atoms with Gasteiger partial charge in [-0.05, 0) is 71.2 Å². The molecule has 0 aliphatic rings. The van der Waals surface area contributed by atoms with Gasteiger partial charge in [0.1, 0.15) is 0 Å². The smallest absolute Gasteiger partial charge is 0.0471 e. The van der Waals surface area contributed by atoms with Gasteiger partial charge in [-0.25, -0.2) is 0 Å². The summed E-state index contributed by atoms with van der Waals surface area (Å²) in [6.45, 7) is 0. The first-order valence-corrected chi connectivity index (χ1v) is 8.53. The van der Waals surface area contributed by atoms with Crippen molar-refractivity contribution in [3.63, 3.8) is 0 Å². The van der Waals surface area contributed by atoms with Crippen LogP contribution in [-0.4, -0.2) is 0 Å². The van der Waals surface area contributed by atoms with Crippen LogP contribution in [0, 0.1) is 3.57 Å². The van der Waals surface area contributed by atoms with Gasteiger partial charge in [0.2, 0.25) is 0 Å². The summed E-state index contributed by atoms with van der Waals surface area (Å²) < 4.78 is 2.34. The molecule has 0 aromatic heterocycles. The van der Waals surface area contributed by atoms with Crippen LogP contribution in [-0.2, 0) is 6.42 Å². The molecule has 2 nitrogen and oxygen atoms in total. The molecule has 4 heteroatoms. The molecule has 0 aliphatic carbocycles. The van der Waals surface area contributed by atoms with Gasteiger partial charge < -0.3 is 0 Å². The molecule has 0 saturated carbocycles. The summed E-state index contributed by atoms with van der Waals surface area (Å²) in [6.07, 6.45) is 3.21. The van der Waals surface area contributed by atoms with Crippen LogP contribution in [0.25, 0.3) is 0 Å². The second-order valence-electron chi connectivity index (χ2n) is 4.76. The summed E-state index contributed by atoms with van der Waals surface area (Å²) in [5.74, 6) is 5.73. The van der Waals surface area contributed by atoms with E-state index in [2.05, 4.69) is 92.5 Å². The Morgan fingerprint density at radius 2 is 1.90 bits per heavy atom. The van der Waals surface area contributed by atoms with Gasteiger partial charge in [-0.2, -0.15) is 0 Å². The highest BCUT2D eigenvalue weighted by atomic mass is 127.